The maximum Gasteiger partial charge on any atom is 0.494 e. The molecule has 1 aliphatic heterocycles. The summed E-state index contributed by atoms with van der Waals surface area (Å²) >= 11 is 5.70. The number of halogens is 1. The number of hydrogen-bond donors (Lipinski definition) is 0. The van der Waals surface area contributed by atoms with Crippen LogP contribution in [-0.2, 0) is 33.2 Å². The van der Waals surface area contributed by atoms with Crippen LogP contribution >= 0.6 is 11.6 Å². The van der Waals surface area contributed by atoms with E-state index in [4.69, 9.17) is 20.9 Å². The van der Waals surface area contributed by atoms with Crippen molar-refractivity contribution in [3.63, 3.8) is 0 Å². The van der Waals surface area contributed by atoms with Crippen molar-refractivity contribution in [3.05, 3.63) is 126 Å². The maximum atomic E-state index is 6.22. The summed E-state index contributed by atoms with van der Waals surface area (Å²) in [6.07, 6.45) is 3.17. The number of hydrogen-bond acceptors (Lipinski definition) is 6. The molecule has 5 heterocycles. The maximum absolute atomic E-state index is 6.22. The van der Waals surface area contributed by atoms with Crippen LogP contribution < -0.4 is 5.46 Å². The fraction of sp³-hybridized carbons (Fsp3) is 0.360. The summed E-state index contributed by atoms with van der Waals surface area (Å²) in [6, 6.07) is 34.3. The van der Waals surface area contributed by atoms with Crippen LogP contribution in [-0.4, -0.2) is 47.4 Å². The first-order chi connectivity index (χ1) is 28.3. The fourth-order valence-corrected chi connectivity index (χ4v) is 7.90. The molecule has 310 valence electrons. The third-order valence-electron chi connectivity index (χ3n) is 11.9. The van der Waals surface area contributed by atoms with Crippen molar-refractivity contribution >= 4 is 67.8 Å². The summed E-state index contributed by atoms with van der Waals surface area (Å²) in [5, 5.41) is 5.67. The van der Waals surface area contributed by atoms with Gasteiger partial charge in [-0.25, -0.2) is 19.9 Å². The molecular formula is C50H58BClN6O2. The number of fused-ring (bicyclic) bond motifs is 6. The highest BCUT2D eigenvalue weighted by atomic mass is 35.5. The molecule has 4 aromatic carbocycles. The van der Waals surface area contributed by atoms with Crippen LogP contribution in [0, 0.1) is 0 Å². The highest BCUT2D eigenvalue weighted by Gasteiger charge is 2.51. The van der Waals surface area contributed by atoms with Gasteiger partial charge in [0.05, 0.1) is 22.6 Å². The van der Waals surface area contributed by atoms with Gasteiger partial charge in [-0.1, -0.05) is 108 Å². The van der Waals surface area contributed by atoms with Gasteiger partial charge in [-0.15, -0.1) is 0 Å². The zero-order valence-corrected chi connectivity index (χ0v) is 38.0. The second kappa shape index (κ2) is 16.4. The van der Waals surface area contributed by atoms with E-state index in [9.17, 15) is 0 Å². The second-order valence-corrected chi connectivity index (χ2v) is 19.0. The number of para-hydroxylation sites is 2. The fourth-order valence-electron chi connectivity index (χ4n) is 7.76. The van der Waals surface area contributed by atoms with Gasteiger partial charge in [0, 0.05) is 78.8 Å². The summed E-state index contributed by atoms with van der Waals surface area (Å²) < 4.78 is 17.2. The Morgan fingerprint density at radius 3 is 1.60 bits per heavy atom. The third kappa shape index (κ3) is 8.45. The van der Waals surface area contributed by atoms with Gasteiger partial charge in [0.1, 0.15) is 17.8 Å². The standard InChI is InChI=1S/C22H23N3.C20H24BNO2.C8H11ClN2/c1-5-25-19-9-7-6-8-16(19)17-12-15(10-11-20(17)25)18-13-21(22(2,3)4)24-14-23-18;1-6-22-17-10-8-7-9-15(17)16-12-11-14(13-18(16)22)21-23-19(2,3)20(4,5)24-21;1-8(2,3)6-4-7(9)11-5-10-6/h6-14H,5H2,1-4H3;7-13H,6H2,1-5H3;4-5H,1-3H3. The van der Waals surface area contributed by atoms with E-state index in [1.54, 1.807) is 12.4 Å². The molecule has 4 aromatic heterocycles. The molecule has 8 nitrogen and oxygen atoms in total. The average molecular weight is 821 g/mol. The minimum absolute atomic E-state index is 0.0139. The van der Waals surface area contributed by atoms with E-state index in [0.29, 0.717) is 5.15 Å². The summed E-state index contributed by atoms with van der Waals surface area (Å²) in [5.74, 6) is 0. The van der Waals surface area contributed by atoms with E-state index in [1.165, 1.54) is 49.9 Å². The topological polar surface area (TPSA) is 79.9 Å². The molecule has 0 atom stereocenters. The molecule has 0 amide bonds. The number of benzene rings is 4. The molecule has 1 aliphatic rings. The third-order valence-corrected chi connectivity index (χ3v) is 12.1. The van der Waals surface area contributed by atoms with Crippen molar-refractivity contribution in [2.75, 3.05) is 0 Å². The second-order valence-electron chi connectivity index (χ2n) is 18.6. The number of aryl methyl sites for hydroxylation is 2. The molecule has 0 N–H and O–H groups in total. The predicted octanol–water partition coefficient (Wildman–Crippen LogP) is 12.1. The van der Waals surface area contributed by atoms with Crippen LogP contribution in [0.5, 0.6) is 0 Å². The van der Waals surface area contributed by atoms with Crippen LogP contribution in [0.4, 0.5) is 0 Å². The largest absolute Gasteiger partial charge is 0.494 e. The minimum Gasteiger partial charge on any atom is -0.399 e. The van der Waals surface area contributed by atoms with Gasteiger partial charge in [0.25, 0.3) is 0 Å². The lowest BCUT2D eigenvalue weighted by atomic mass is 9.79. The molecule has 1 saturated heterocycles. The Hall–Kier alpha value is -5.09. The lowest BCUT2D eigenvalue weighted by molar-refractivity contribution is 0.00578. The highest BCUT2D eigenvalue weighted by molar-refractivity contribution is 6.62. The highest BCUT2D eigenvalue weighted by Crippen LogP contribution is 2.37. The van der Waals surface area contributed by atoms with Gasteiger partial charge in [-0.3, -0.25) is 0 Å². The van der Waals surface area contributed by atoms with Gasteiger partial charge in [0.2, 0.25) is 0 Å². The van der Waals surface area contributed by atoms with Gasteiger partial charge >= 0.3 is 7.12 Å². The van der Waals surface area contributed by atoms with E-state index in [2.05, 4.69) is 203 Å². The minimum atomic E-state index is -0.317. The summed E-state index contributed by atoms with van der Waals surface area (Å²) in [5.41, 5.74) is 9.75. The van der Waals surface area contributed by atoms with Crippen molar-refractivity contribution < 1.29 is 9.31 Å². The first-order valence-electron chi connectivity index (χ1n) is 21.0. The molecule has 0 bridgehead atoms. The van der Waals surface area contributed by atoms with Crippen LogP contribution in [0.3, 0.4) is 0 Å². The summed E-state index contributed by atoms with van der Waals surface area (Å²) in [7, 11) is -0.317. The van der Waals surface area contributed by atoms with Crippen LogP contribution in [0.2, 0.25) is 5.15 Å². The molecule has 0 unspecified atom stereocenters. The predicted molar refractivity (Wildman–Crippen MR) is 251 cm³/mol. The number of aromatic nitrogens is 6. The first-order valence-corrected chi connectivity index (χ1v) is 21.4. The Morgan fingerprint density at radius 1 is 0.550 bits per heavy atom. The molecule has 60 heavy (non-hydrogen) atoms. The average Bonchev–Trinajstić information content (AvgIpc) is 3.79. The van der Waals surface area contributed by atoms with E-state index in [0.717, 1.165) is 41.2 Å². The van der Waals surface area contributed by atoms with Crippen molar-refractivity contribution in [1.82, 2.24) is 29.1 Å². The molecule has 0 spiro atoms. The quantitative estimate of drug-likeness (QED) is 0.130. The van der Waals surface area contributed by atoms with E-state index in [-0.39, 0.29) is 29.2 Å². The van der Waals surface area contributed by atoms with Crippen LogP contribution in [0.15, 0.2) is 110 Å². The molecule has 0 aliphatic carbocycles. The van der Waals surface area contributed by atoms with Gasteiger partial charge < -0.3 is 18.4 Å². The molecule has 9 rings (SSSR count). The molecule has 10 heteroatoms. The first kappa shape index (κ1) is 43.0. The molecule has 0 radical (unpaired) electrons. The summed E-state index contributed by atoms with van der Waals surface area (Å²) in [6.45, 7) is 27.5. The van der Waals surface area contributed by atoms with Crippen LogP contribution in [0.1, 0.15) is 94.5 Å². The van der Waals surface area contributed by atoms with Crippen molar-refractivity contribution in [1.29, 1.82) is 0 Å². The molecule has 0 saturated carbocycles. The van der Waals surface area contributed by atoms with E-state index < -0.39 is 0 Å². The Bertz CT molecular complexity index is 2790. The molecule has 1 fully saturated rings. The van der Waals surface area contributed by atoms with Crippen LogP contribution in [0.25, 0.3) is 54.9 Å². The van der Waals surface area contributed by atoms with Gasteiger partial charge in [-0.05, 0) is 89.5 Å². The van der Waals surface area contributed by atoms with Gasteiger partial charge in [-0.2, -0.15) is 0 Å². The SMILES string of the molecule is CC(C)(C)c1cc(Cl)ncn1.CCn1c2ccccc2c2cc(-c3cc(C(C)(C)C)ncn3)ccc21.CCn1c2ccccc2c2ccc(B3OC(C)(C)C(C)(C)O3)cc21. The Morgan fingerprint density at radius 2 is 1.05 bits per heavy atom. The monoisotopic (exact) mass is 820 g/mol. The van der Waals surface area contributed by atoms with E-state index >= 15 is 0 Å². The van der Waals surface area contributed by atoms with Crippen molar-refractivity contribution in [2.45, 2.75) is 118 Å². The van der Waals surface area contributed by atoms with E-state index in [1.807, 2.05) is 0 Å². The smallest absolute Gasteiger partial charge is 0.399 e. The zero-order chi connectivity index (χ0) is 43.2. The summed E-state index contributed by atoms with van der Waals surface area (Å²) in [4.78, 5) is 16.9. The molecule has 8 aromatic rings. The zero-order valence-electron chi connectivity index (χ0n) is 37.3. The molecular weight excluding hydrogens is 763 g/mol. The Labute approximate surface area is 360 Å². The lowest BCUT2D eigenvalue weighted by Gasteiger charge is -2.32. The Kier molecular flexibility index (Phi) is 11.8. The van der Waals surface area contributed by atoms with Crippen molar-refractivity contribution in [3.8, 4) is 11.3 Å². The number of rotatable bonds is 4. The lowest BCUT2D eigenvalue weighted by Crippen LogP contribution is -2.41. The number of nitrogens with zero attached hydrogens (tertiary/aromatic N) is 6. The Balaban J connectivity index is 0.000000146. The normalized spacial score (nSPS) is 15.0. The van der Waals surface area contributed by atoms with Crippen molar-refractivity contribution in [2.24, 2.45) is 0 Å². The van der Waals surface area contributed by atoms with Gasteiger partial charge in [0.15, 0.2) is 0 Å².